The third kappa shape index (κ3) is 3.13. The molecule has 0 unspecified atom stereocenters. The molecule has 0 amide bonds. The van der Waals surface area contributed by atoms with Gasteiger partial charge in [0.1, 0.15) is 0 Å². The fourth-order valence-corrected chi connectivity index (χ4v) is 2.33. The van der Waals surface area contributed by atoms with Crippen LogP contribution in [0, 0.1) is 0 Å². The number of fused-ring (bicyclic) bond motifs is 1. The Morgan fingerprint density at radius 3 is 2.40 bits per heavy atom. The van der Waals surface area contributed by atoms with Crippen LogP contribution >= 0.6 is 11.6 Å². The smallest absolute Gasteiger partial charge is 0.0890 e. The van der Waals surface area contributed by atoms with E-state index in [0.717, 1.165) is 29.1 Å². The van der Waals surface area contributed by atoms with E-state index in [0.29, 0.717) is 0 Å². The fraction of sp³-hybridized carbons (Fsp3) is 0.125. The highest BCUT2D eigenvalue weighted by Crippen LogP contribution is 2.12. The molecule has 1 heterocycles. The van der Waals surface area contributed by atoms with Gasteiger partial charge in [-0.15, -0.1) is 0 Å². The fourth-order valence-electron chi connectivity index (χ4n) is 2.12. The molecule has 3 aromatic rings. The monoisotopic (exact) mass is 283 g/mol. The standard InChI is InChI=1S/C16H14ClN3/c17-14-3-1-2-12(8-14)10-18-11-13-4-5-15-16(9-13)20-7-6-19-15/h1-9,18H,10-11H2. The molecule has 0 aliphatic heterocycles. The third-order valence-electron chi connectivity index (χ3n) is 3.08. The lowest BCUT2D eigenvalue weighted by molar-refractivity contribution is 0.694. The van der Waals surface area contributed by atoms with E-state index in [2.05, 4.69) is 33.5 Å². The van der Waals surface area contributed by atoms with Gasteiger partial charge < -0.3 is 5.32 Å². The molecule has 100 valence electrons. The summed E-state index contributed by atoms with van der Waals surface area (Å²) in [4.78, 5) is 8.57. The van der Waals surface area contributed by atoms with Crippen molar-refractivity contribution in [3.8, 4) is 0 Å². The molecule has 1 aromatic heterocycles. The van der Waals surface area contributed by atoms with Crippen molar-refractivity contribution in [3.63, 3.8) is 0 Å². The Labute approximate surface area is 122 Å². The van der Waals surface area contributed by atoms with Gasteiger partial charge in [0.15, 0.2) is 0 Å². The van der Waals surface area contributed by atoms with Crippen molar-refractivity contribution in [1.29, 1.82) is 0 Å². The summed E-state index contributed by atoms with van der Waals surface area (Å²) < 4.78 is 0. The zero-order chi connectivity index (χ0) is 13.8. The molecule has 2 aromatic carbocycles. The molecule has 20 heavy (non-hydrogen) atoms. The molecule has 0 aliphatic rings. The highest BCUT2D eigenvalue weighted by molar-refractivity contribution is 6.30. The number of hydrogen-bond donors (Lipinski definition) is 1. The van der Waals surface area contributed by atoms with Crippen LogP contribution in [-0.2, 0) is 13.1 Å². The molecule has 0 bridgehead atoms. The second-order valence-corrected chi connectivity index (χ2v) is 5.05. The summed E-state index contributed by atoms with van der Waals surface area (Å²) in [5, 5.41) is 4.17. The average Bonchev–Trinajstić information content (AvgIpc) is 2.47. The van der Waals surface area contributed by atoms with Crippen LogP contribution in [0.3, 0.4) is 0 Å². The van der Waals surface area contributed by atoms with Crippen molar-refractivity contribution in [1.82, 2.24) is 15.3 Å². The van der Waals surface area contributed by atoms with Crippen LogP contribution in [0.1, 0.15) is 11.1 Å². The molecule has 0 radical (unpaired) electrons. The summed E-state index contributed by atoms with van der Waals surface area (Å²) in [6.45, 7) is 1.58. The molecule has 3 nitrogen and oxygen atoms in total. The highest BCUT2D eigenvalue weighted by atomic mass is 35.5. The van der Waals surface area contributed by atoms with E-state index in [1.165, 1.54) is 11.1 Å². The Bertz CT molecular complexity index is 727. The van der Waals surface area contributed by atoms with Gasteiger partial charge in [0.05, 0.1) is 11.0 Å². The van der Waals surface area contributed by atoms with Gasteiger partial charge in [0.2, 0.25) is 0 Å². The van der Waals surface area contributed by atoms with E-state index in [9.17, 15) is 0 Å². The van der Waals surface area contributed by atoms with Crippen LogP contribution in [0.25, 0.3) is 11.0 Å². The molecule has 0 aliphatic carbocycles. The number of rotatable bonds is 4. The van der Waals surface area contributed by atoms with Crippen molar-refractivity contribution < 1.29 is 0 Å². The van der Waals surface area contributed by atoms with E-state index in [1.54, 1.807) is 12.4 Å². The molecule has 0 saturated carbocycles. The van der Waals surface area contributed by atoms with Crippen molar-refractivity contribution in [2.24, 2.45) is 0 Å². The van der Waals surface area contributed by atoms with Crippen LogP contribution < -0.4 is 5.32 Å². The quantitative estimate of drug-likeness (QED) is 0.795. The first kappa shape index (κ1) is 13.0. The Balaban J connectivity index is 1.65. The van der Waals surface area contributed by atoms with E-state index in [4.69, 9.17) is 11.6 Å². The second-order valence-electron chi connectivity index (χ2n) is 4.61. The largest absolute Gasteiger partial charge is 0.309 e. The minimum absolute atomic E-state index is 0.769. The summed E-state index contributed by atoms with van der Waals surface area (Å²) in [7, 11) is 0. The Kier molecular flexibility index (Phi) is 3.90. The van der Waals surface area contributed by atoms with Crippen LogP contribution in [-0.4, -0.2) is 9.97 Å². The Morgan fingerprint density at radius 2 is 1.60 bits per heavy atom. The molecule has 0 saturated heterocycles. The lowest BCUT2D eigenvalue weighted by Crippen LogP contribution is -2.12. The van der Waals surface area contributed by atoms with Gasteiger partial charge in [0, 0.05) is 30.5 Å². The lowest BCUT2D eigenvalue weighted by Gasteiger charge is -2.06. The number of benzene rings is 2. The average molecular weight is 284 g/mol. The minimum atomic E-state index is 0.769. The van der Waals surface area contributed by atoms with Gasteiger partial charge >= 0.3 is 0 Å². The Hall–Kier alpha value is -1.97. The molecule has 0 fully saturated rings. The summed E-state index contributed by atoms with van der Waals surface area (Å²) in [6, 6.07) is 14.0. The third-order valence-corrected chi connectivity index (χ3v) is 3.32. The zero-order valence-corrected chi connectivity index (χ0v) is 11.6. The van der Waals surface area contributed by atoms with E-state index < -0.39 is 0 Å². The Morgan fingerprint density at radius 1 is 0.850 bits per heavy atom. The summed E-state index contributed by atoms with van der Waals surface area (Å²) in [5.74, 6) is 0. The van der Waals surface area contributed by atoms with Crippen LogP contribution in [0.4, 0.5) is 0 Å². The summed E-state index contributed by atoms with van der Waals surface area (Å²) in [5.41, 5.74) is 4.22. The number of halogens is 1. The first-order chi connectivity index (χ1) is 9.81. The second kappa shape index (κ2) is 5.99. The van der Waals surface area contributed by atoms with Gasteiger partial charge in [-0.1, -0.05) is 29.8 Å². The first-order valence-corrected chi connectivity index (χ1v) is 6.84. The summed E-state index contributed by atoms with van der Waals surface area (Å²) >= 11 is 5.96. The zero-order valence-electron chi connectivity index (χ0n) is 10.9. The van der Waals surface area contributed by atoms with Gasteiger partial charge in [-0.05, 0) is 35.4 Å². The predicted molar refractivity (Wildman–Crippen MR) is 81.5 cm³/mol. The molecule has 0 atom stereocenters. The molecular formula is C16H14ClN3. The maximum atomic E-state index is 5.96. The van der Waals surface area contributed by atoms with Gasteiger partial charge in [-0.25, -0.2) is 0 Å². The lowest BCUT2D eigenvalue weighted by atomic mass is 10.2. The number of nitrogens with zero attached hydrogens (tertiary/aromatic N) is 2. The van der Waals surface area contributed by atoms with Crippen LogP contribution in [0.5, 0.6) is 0 Å². The number of nitrogens with one attached hydrogen (secondary N) is 1. The van der Waals surface area contributed by atoms with Crippen LogP contribution in [0.15, 0.2) is 54.9 Å². The predicted octanol–water partition coefficient (Wildman–Crippen LogP) is 3.57. The normalized spacial score (nSPS) is 10.8. The SMILES string of the molecule is Clc1cccc(CNCc2ccc3nccnc3c2)c1. The highest BCUT2D eigenvalue weighted by Gasteiger charge is 1.99. The molecule has 1 N–H and O–H groups in total. The topological polar surface area (TPSA) is 37.8 Å². The van der Waals surface area contributed by atoms with Crippen molar-refractivity contribution in [2.45, 2.75) is 13.1 Å². The van der Waals surface area contributed by atoms with E-state index >= 15 is 0 Å². The first-order valence-electron chi connectivity index (χ1n) is 6.46. The maximum absolute atomic E-state index is 5.96. The van der Waals surface area contributed by atoms with Gasteiger partial charge in [-0.3, -0.25) is 9.97 Å². The van der Waals surface area contributed by atoms with Gasteiger partial charge in [0.25, 0.3) is 0 Å². The molecule has 4 heteroatoms. The van der Waals surface area contributed by atoms with E-state index in [-0.39, 0.29) is 0 Å². The van der Waals surface area contributed by atoms with Crippen LogP contribution in [0.2, 0.25) is 5.02 Å². The van der Waals surface area contributed by atoms with Crippen molar-refractivity contribution >= 4 is 22.6 Å². The molecular weight excluding hydrogens is 270 g/mol. The van der Waals surface area contributed by atoms with E-state index in [1.807, 2.05) is 24.3 Å². The summed E-state index contributed by atoms with van der Waals surface area (Å²) in [6.07, 6.45) is 3.42. The molecule has 3 rings (SSSR count). The maximum Gasteiger partial charge on any atom is 0.0890 e. The minimum Gasteiger partial charge on any atom is -0.309 e. The van der Waals surface area contributed by atoms with Crippen molar-refractivity contribution in [3.05, 3.63) is 71.0 Å². The van der Waals surface area contributed by atoms with Crippen molar-refractivity contribution in [2.75, 3.05) is 0 Å². The number of hydrogen-bond acceptors (Lipinski definition) is 3. The molecule has 0 spiro atoms. The number of aromatic nitrogens is 2. The van der Waals surface area contributed by atoms with Gasteiger partial charge in [-0.2, -0.15) is 0 Å².